The number of aliphatic imine (C=N–C) groups is 1. The van der Waals surface area contributed by atoms with Gasteiger partial charge in [0.15, 0.2) is 0 Å². The smallest absolute Gasteiger partial charge is 0.139 e. The first-order valence-electron chi connectivity index (χ1n) is 8.31. The van der Waals surface area contributed by atoms with E-state index in [2.05, 4.69) is 38.7 Å². The van der Waals surface area contributed by atoms with Gasteiger partial charge in [0.25, 0.3) is 0 Å². The molecule has 2 aliphatic rings. The van der Waals surface area contributed by atoms with Crippen molar-refractivity contribution in [3.8, 4) is 0 Å². The first kappa shape index (κ1) is 14.8. The molecule has 0 bridgehead atoms. The molecule has 2 aromatic heterocycles. The molecule has 0 aliphatic carbocycles. The summed E-state index contributed by atoms with van der Waals surface area (Å²) in [5.41, 5.74) is 8.69. The van der Waals surface area contributed by atoms with Crippen LogP contribution in [0, 0.1) is 0 Å². The quantitative estimate of drug-likeness (QED) is 0.848. The fraction of sp³-hybridized carbons (Fsp3) is 0.278. The zero-order valence-electron chi connectivity index (χ0n) is 13.7. The molecule has 6 nitrogen and oxygen atoms in total. The molecule has 0 radical (unpaired) electrons. The van der Waals surface area contributed by atoms with E-state index in [0.29, 0.717) is 0 Å². The molecule has 0 unspecified atom stereocenters. The molecule has 0 aromatic carbocycles. The summed E-state index contributed by atoms with van der Waals surface area (Å²) in [4.78, 5) is 13.5. The molecule has 2 N–H and O–H groups in total. The van der Waals surface area contributed by atoms with Crippen LogP contribution in [-0.2, 0) is 0 Å². The minimum atomic E-state index is 0.759. The molecule has 4 rings (SSSR count). The topological polar surface area (TPSA) is 65.4 Å². The van der Waals surface area contributed by atoms with Crippen LogP contribution in [0.25, 0.3) is 11.3 Å². The fourth-order valence-corrected chi connectivity index (χ4v) is 3.01. The van der Waals surface area contributed by atoms with Crippen molar-refractivity contribution in [2.24, 2.45) is 4.99 Å². The summed E-state index contributed by atoms with van der Waals surface area (Å²) in [5, 5.41) is 5.45. The van der Waals surface area contributed by atoms with Gasteiger partial charge in [0.2, 0.25) is 0 Å². The van der Waals surface area contributed by atoms with Crippen LogP contribution < -0.4 is 10.7 Å². The number of unbranched alkanes of at least 4 members (excludes halogenated alkanes) is 1. The Bertz CT molecular complexity index is 811. The van der Waals surface area contributed by atoms with E-state index < -0.39 is 0 Å². The number of hydrazine groups is 1. The molecule has 2 aromatic rings. The standard InChI is InChI=1S/C18H20N6/c1-2-3-8-22-24-11-15-13-6-9-19-10-16(13)23-18-14(5-4-7-20-18)17(15)21-12-24/h4-7,9-10,12,22H,2-3,8,11H2,1H3,(H,20,23). The van der Waals surface area contributed by atoms with Gasteiger partial charge in [-0.3, -0.25) is 9.99 Å². The molecule has 0 atom stereocenters. The number of nitrogens with zero attached hydrogens (tertiary/aromatic N) is 4. The number of anilines is 2. The maximum absolute atomic E-state index is 4.73. The highest BCUT2D eigenvalue weighted by atomic mass is 15.5. The van der Waals surface area contributed by atoms with E-state index in [1.807, 2.05) is 30.9 Å². The van der Waals surface area contributed by atoms with Crippen molar-refractivity contribution in [2.45, 2.75) is 19.8 Å². The Morgan fingerprint density at radius 1 is 1.25 bits per heavy atom. The second-order valence-electron chi connectivity index (χ2n) is 5.91. The number of hydrogen-bond donors (Lipinski definition) is 2. The van der Waals surface area contributed by atoms with E-state index in [9.17, 15) is 0 Å². The van der Waals surface area contributed by atoms with Crippen LogP contribution in [0.3, 0.4) is 0 Å². The summed E-state index contributed by atoms with van der Waals surface area (Å²) in [6.45, 7) is 3.90. The molecule has 0 fully saturated rings. The molecular weight excluding hydrogens is 300 g/mol. The van der Waals surface area contributed by atoms with Crippen LogP contribution >= 0.6 is 0 Å². The van der Waals surface area contributed by atoms with Crippen molar-refractivity contribution in [3.05, 3.63) is 47.9 Å². The molecule has 4 heterocycles. The van der Waals surface area contributed by atoms with E-state index in [0.717, 1.165) is 47.8 Å². The predicted octanol–water partition coefficient (Wildman–Crippen LogP) is 3.05. The van der Waals surface area contributed by atoms with Gasteiger partial charge in [0.05, 0.1) is 24.1 Å². The summed E-state index contributed by atoms with van der Waals surface area (Å²) in [6, 6.07) is 6.04. The number of hydrogen-bond acceptors (Lipinski definition) is 6. The van der Waals surface area contributed by atoms with E-state index in [4.69, 9.17) is 4.99 Å². The average Bonchev–Trinajstić information content (AvgIpc) is 2.76. The number of aromatic nitrogens is 2. The van der Waals surface area contributed by atoms with Crippen molar-refractivity contribution < 1.29 is 0 Å². The molecule has 122 valence electrons. The summed E-state index contributed by atoms with van der Waals surface area (Å²) in [7, 11) is 0. The summed E-state index contributed by atoms with van der Waals surface area (Å²) < 4.78 is 0. The first-order chi connectivity index (χ1) is 11.9. The van der Waals surface area contributed by atoms with E-state index >= 15 is 0 Å². The fourth-order valence-electron chi connectivity index (χ4n) is 3.01. The van der Waals surface area contributed by atoms with Gasteiger partial charge in [-0.1, -0.05) is 13.3 Å². The lowest BCUT2D eigenvalue weighted by molar-refractivity contribution is 0.344. The maximum Gasteiger partial charge on any atom is 0.139 e. The van der Waals surface area contributed by atoms with Gasteiger partial charge >= 0.3 is 0 Å². The monoisotopic (exact) mass is 320 g/mol. The van der Waals surface area contributed by atoms with Crippen molar-refractivity contribution >= 4 is 29.1 Å². The lowest BCUT2D eigenvalue weighted by Crippen LogP contribution is -2.40. The zero-order valence-corrected chi connectivity index (χ0v) is 13.7. The average molecular weight is 320 g/mol. The minimum absolute atomic E-state index is 0.759. The molecule has 0 saturated heterocycles. The van der Waals surface area contributed by atoms with Gasteiger partial charge in [-0.25, -0.2) is 15.4 Å². The minimum Gasteiger partial charge on any atom is -0.338 e. The summed E-state index contributed by atoms with van der Waals surface area (Å²) >= 11 is 0. The number of fused-ring (bicyclic) bond motifs is 4. The van der Waals surface area contributed by atoms with E-state index in [1.165, 1.54) is 12.0 Å². The van der Waals surface area contributed by atoms with Crippen molar-refractivity contribution in [3.63, 3.8) is 0 Å². The Labute approximate surface area is 141 Å². The highest BCUT2D eigenvalue weighted by molar-refractivity contribution is 6.02. The third-order valence-corrected chi connectivity index (χ3v) is 4.25. The highest BCUT2D eigenvalue weighted by Gasteiger charge is 2.25. The molecule has 0 amide bonds. The van der Waals surface area contributed by atoms with Crippen LogP contribution in [0.2, 0.25) is 0 Å². The van der Waals surface area contributed by atoms with Gasteiger partial charge in [0.1, 0.15) is 12.2 Å². The van der Waals surface area contributed by atoms with Crippen molar-refractivity contribution in [1.29, 1.82) is 0 Å². The summed E-state index contributed by atoms with van der Waals surface area (Å²) in [6.07, 6.45) is 9.64. The molecule has 0 saturated carbocycles. The first-order valence-corrected chi connectivity index (χ1v) is 8.31. The second kappa shape index (κ2) is 6.41. The number of pyridine rings is 2. The normalized spacial score (nSPS) is 15.3. The van der Waals surface area contributed by atoms with Crippen LogP contribution in [-0.4, -0.2) is 34.4 Å². The number of rotatable bonds is 4. The Kier molecular flexibility index (Phi) is 3.96. The lowest BCUT2D eigenvalue weighted by atomic mass is 10.0. The Morgan fingerprint density at radius 2 is 2.21 bits per heavy atom. The van der Waals surface area contributed by atoms with Gasteiger partial charge in [-0.15, -0.1) is 0 Å². The third kappa shape index (κ3) is 2.65. The van der Waals surface area contributed by atoms with Gasteiger partial charge in [-0.2, -0.15) is 0 Å². The van der Waals surface area contributed by atoms with Crippen molar-refractivity contribution in [1.82, 2.24) is 20.4 Å². The SMILES string of the molecule is CCCCNN1C=NC2=C(C1)c1ccncc1Nc1ncccc12. The van der Waals surface area contributed by atoms with Gasteiger partial charge < -0.3 is 5.32 Å². The van der Waals surface area contributed by atoms with Crippen LogP contribution in [0.1, 0.15) is 30.9 Å². The zero-order chi connectivity index (χ0) is 16.4. The molecule has 24 heavy (non-hydrogen) atoms. The molecule has 6 heteroatoms. The highest BCUT2D eigenvalue weighted by Crippen LogP contribution is 2.40. The van der Waals surface area contributed by atoms with Crippen LogP contribution in [0.15, 0.2) is 41.8 Å². The Balaban J connectivity index is 1.76. The second-order valence-corrected chi connectivity index (χ2v) is 5.91. The maximum atomic E-state index is 4.73. The summed E-state index contributed by atoms with van der Waals surface area (Å²) in [5.74, 6) is 0.821. The molecule has 0 spiro atoms. The Morgan fingerprint density at radius 3 is 3.12 bits per heavy atom. The van der Waals surface area contributed by atoms with E-state index in [1.54, 1.807) is 6.20 Å². The van der Waals surface area contributed by atoms with Crippen LogP contribution in [0.4, 0.5) is 11.5 Å². The third-order valence-electron chi connectivity index (χ3n) is 4.25. The van der Waals surface area contributed by atoms with E-state index in [-0.39, 0.29) is 0 Å². The molecular formula is C18H20N6. The van der Waals surface area contributed by atoms with Crippen LogP contribution in [0.5, 0.6) is 0 Å². The lowest BCUT2D eigenvalue weighted by Gasteiger charge is -2.27. The predicted molar refractivity (Wildman–Crippen MR) is 96.7 cm³/mol. The van der Waals surface area contributed by atoms with Gasteiger partial charge in [-0.05, 0) is 24.6 Å². The molecule has 2 aliphatic heterocycles. The van der Waals surface area contributed by atoms with Crippen molar-refractivity contribution in [2.75, 3.05) is 18.4 Å². The van der Waals surface area contributed by atoms with Gasteiger partial charge in [0, 0.05) is 35.6 Å². The number of nitrogens with one attached hydrogen (secondary N) is 2. The Hall–Kier alpha value is -2.73. The largest absolute Gasteiger partial charge is 0.338 e.